The molecule has 0 atom stereocenters. The molecule has 0 fully saturated rings. The lowest BCUT2D eigenvalue weighted by Crippen LogP contribution is -2.00. The normalized spacial score (nSPS) is 10.4. The third-order valence-corrected chi connectivity index (χ3v) is 4.15. The van der Waals surface area contributed by atoms with E-state index in [0.29, 0.717) is 6.61 Å². The van der Waals surface area contributed by atoms with Crippen LogP contribution in [0.25, 0.3) is 0 Å². The zero-order chi connectivity index (χ0) is 15.2. The number of rotatable bonds is 6. The molecule has 0 spiro atoms. The quantitative estimate of drug-likeness (QED) is 0.703. The van der Waals surface area contributed by atoms with Crippen LogP contribution in [0.4, 0.5) is 11.4 Å². The fourth-order valence-electron chi connectivity index (χ4n) is 2.11. The summed E-state index contributed by atoms with van der Waals surface area (Å²) in [4.78, 5) is 0. The minimum atomic E-state index is 0.497. The van der Waals surface area contributed by atoms with Crippen LogP contribution in [0.15, 0.2) is 65.4 Å². The number of hydrogen-bond donors (Lipinski definition) is 2. The molecule has 1 aromatic heterocycles. The molecule has 0 aliphatic rings. The predicted octanol–water partition coefficient (Wildman–Crippen LogP) is 4.52. The van der Waals surface area contributed by atoms with E-state index in [1.54, 1.807) is 11.3 Å². The molecule has 0 saturated carbocycles. The standard InChI is InChI=1S/C18H18N2OS/c19-18-13-22-12-15(18)11-21-17-8-4-7-16(9-17)20-10-14-5-2-1-3-6-14/h1-9,12-13,20H,10-11,19H2. The van der Waals surface area contributed by atoms with E-state index in [2.05, 4.69) is 17.4 Å². The van der Waals surface area contributed by atoms with Gasteiger partial charge in [-0.15, -0.1) is 11.3 Å². The van der Waals surface area contributed by atoms with Crippen molar-refractivity contribution in [2.75, 3.05) is 11.1 Å². The second-order valence-electron chi connectivity index (χ2n) is 5.01. The number of nitrogen functional groups attached to an aromatic ring is 1. The van der Waals surface area contributed by atoms with E-state index < -0.39 is 0 Å². The summed E-state index contributed by atoms with van der Waals surface area (Å²) in [7, 11) is 0. The highest BCUT2D eigenvalue weighted by Crippen LogP contribution is 2.22. The van der Waals surface area contributed by atoms with Gasteiger partial charge in [-0.3, -0.25) is 0 Å². The maximum Gasteiger partial charge on any atom is 0.121 e. The number of thiophene rings is 1. The molecule has 3 nitrogen and oxygen atoms in total. The summed E-state index contributed by atoms with van der Waals surface area (Å²) in [5.41, 5.74) is 9.99. The van der Waals surface area contributed by atoms with Gasteiger partial charge in [-0.2, -0.15) is 0 Å². The maximum atomic E-state index is 5.86. The molecule has 0 saturated heterocycles. The van der Waals surface area contributed by atoms with Gasteiger partial charge in [-0.1, -0.05) is 36.4 Å². The molecule has 112 valence electrons. The highest BCUT2D eigenvalue weighted by Gasteiger charge is 2.02. The molecule has 22 heavy (non-hydrogen) atoms. The van der Waals surface area contributed by atoms with Gasteiger partial charge >= 0.3 is 0 Å². The SMILES string of the molecule is Nc1cscc1COc1cccc(NCc2ccccc2)c1. The number of nitrogens with two attached hydrogens (primary N) is 1. The van der Waals surface area contributed by atoms with E-state index in [4.69, 9.17) is 10.5 Å². The number of anilines is 2. The van der Waals surface area contributed by atoms with Crippen molar-refractivity contribution < 1.29 is 4.74 Å². The van der Waals surface area contributed by atoms with Crippen LogP contribution < -0.4 is 15.8 Å². The van der Waals surface area contributed by atoms with E-state index in [9.17, 15) is 0 Å². The number of ether oxygens (including phenoxy) is 1. The molecule has 0 unspecified atom stereocenters. The molecule has 3 aromatic rings. The summed E-state index contributed by atoms with van der Waals surface area (Å²) < 4.78 is 5.81. The molecule has 1 heterocycles. The summed E-state index contributed by atoms with van der Waals surface area (Å²) in [5.74, 6) is 0.837. The summed E-state index contributed by atoms with van der Waals surface area (Å²) in [5, 5.41) is 7.35. The average Bonchev–Trinajstić information content (AvgIpc) is 2.98. The first-order valence-corrected chi connectivity index (χ1v) is 8.07. The van der Waals surface area contributed by atoms with Gasteiger partial charge in [-0.05, 0) is 23.1 Å². The number of benzene rings is 2. The highest BCUT2D eigenvalue weighted by molar-refractivity contribution is 7.08. The number of hydrogen-bond acceptors (Lipinski definition) is 4. The van der Waals surface area contributed by atoms with Gasteiger partial charge in [0.2, 0.25) is 0 Å². The smallest absolute Gasteiger partial charge is 0.121 e. The molecule has 3 N–H and O–H groups in total. The molecule has 4 heteroatoms. The van der Waals surface area contributed by atoms with Crippen LogP contribution in [0.5, 0.6) is 5.75 Å². The lowest BCUT2D eigenvalue weighted by molar-refractivity contribution is 0.307. The minimum absolute atomic E-state index is 0.497. The van der Waals surface area contributed by atoms with E-state index in [1.165, 1.54) is 5.56 Å². The third-order valence-electron chi connectivity index (χ3n) is 3.34. The van der Waals surface area contributed by atoms with Crippen molar-refractivity contribution in [2.45, 2.75) is 13.2 Å². The summed E-state index contributed by atoms with van der Waals surface area (Å²) in [6.45, 7) is 1.29. The van der Waals surface area contributed by atoms with E-state index in [-0.39, 0.29) is 0 Å². The lowest BCUT2D eigenvalue weighted by Gasteiger charge is -2.10. The van der Waals surface area contributed by atoms with Gasteiger partial charge in [0.05, 0.1) is 0 Å². The van der Waals surface area contributed by atoms with Gasteiger partial charge in [-0.25, -0.2) is 0 Å². The Morgan fingerprint density at radius 3 is 2.64 bits per heavy atom. The van der Waals surface area contributed by atoms with Crippen LogP contribution in [0.3, 0.4) is 0 Å². The second kappa shape index (κ2) is 7.00. The Morgan fingerprint density at radius 2 is 1.86 bits per heavy atom. The molecule has 0 aliphatic carbocycles. The fraction of sp³-hybridized carbons (Fsp3) is 0.111. The average molecular weight is 310 g/mol. The van der Waals surface area contributed by atoms with Crippen molar-refractivity contribution in [3.63, 3.8) is 0 Å². The van der Waals surface area contributed by atoms with Gasteiger partial charge < -0.3 is 15.8 Å². The second-order valence-corrected chi connectivity index (χ2v) is 5.75. The van der Waals surface area contributed by atoms with Crippen molar-refractivity contribution in [1.82, 2.24) is 0 Å². The van der Waals surface area contributed by atoms with Crippen molar-refractivity contribution in [3.05, 3.63) is 76.5 Å². The summed E-state index contributed by atoms with van der Waals surface area (Å²) in [6.07, 6.45) is 0. The largest absolute Gasteiger partial charge is 0.489 e. The summed E-state index contributed by atoms with van der Waals surface area (Å²) in [6, 6.07) is 18.3. The van der Waals surface area contributed by atoms with Crippen molar-refractivity contribution >= 4 is 22.7 Å². The van der Waals surface area contributed by atoms with Gasteiger partial charge in [0.25, 0.3) is 0 Å². The number of nitrogens with one attached hydrogen (secondary N) is 1. The monoisotopic (exact) mass is 310 g/mol. The third kappa shape index (κ3) is 3.80. The zero-order valence-electron chi connectivity index (χ0n) is 12.2. The van der Waals surface area contributed by atoms with Crippen LogP contribution in [0.1, 0.15) is 11.1 Å². The Morgan fingerprint density at radius 1 is 1.00 bits per heavy atom. The van der Waals surface area contributed by atoms with Crippen LogP contribution >= 0.6 is 11.3 Å². The maximum absolute atomic E-state index is 5.86. The first kappa shape index (κ1) is 14.5. The van der Waals surface area contributed by atoms with Crippen LogP contribution in [-0.4, -0.2) is 0 Å². The van der Waals surface area contributed by atoms with Crippen molar-refractivity contribution in [1.29, 1.82) is 0 Å². The molecule has 0 bridgehead atoms. The van der Waals surface area contributed by atoms with Crippen LogP contribution in [0, 0.1) is 0 Å². The summed E-state index contributed by atoms with van der Waals surface area (Å²) >= 11 is 1.59. The van der Waals surface area contributed by atoms with E-state index >= 15 is 0 Å². The molecule has 0 aliphatic heterocycles. The van der Waals surface area contributed by atoms with Gasteiger partial charge in [0.1, 0.15) is 12.4 Å². The van der Waals surface area contributed by atoms with Gasteiger partial charge in [0.15, 0.2) is 0 Å². The molecular weight excluding hydrogens is 292 g/mol. The predicted molar refractivity (Wildman–Crippen MR) is 93.3 cm³/mol. The topological polar surface area (TPSA) is 47.3 Å². The first-order chi connectivity index (χ1) is 10.8. The Hall–Kier alpha value is -2.46. The van der Waals surface area contributed by atoms with Crippen molar-refractivity contribution in [2.24, 2.45) is 0 Å². The Kier molecular flexibility index (Phi) is 4.61. The lowest BCUT2D eigenvalue weighted by atomic mass is 10.2. The Labute approximate surface area is 134 Å². The molecule has 0 amide bonds. The molecule has 3 rings (SSSR count). The van der Waals surface area contributed by atoms with E-state index in [0.717, 1.165) is 29.2 Å². The molecule has 2 aromatic carbocycles. The van der Waals surface area contributed by atoms with E-state index in [1.807, 2.05) is 53.2 Å². The molecule has 0 radical (unpaired) electrons. The highest BCUT2D eigenvalue weighted by atomic mass is 32.1. The van der Waals surface area contributed by atoms with Gasteiger partial charge in [0, 0.05) is 34.9 Å². The Balaban J connectivity index is 1.59. The van der Waals surface area contributed by atoms with Crippen LogP contribution in [0.2, 0.25) is 0 Å². The zero-order valence-corrected chi connectivity index (χ0v) is 13.0. The molecular formula is C18H18N2OS. The Bertz CT molecular complexity index is 725. The fourth-order valence-corrected chi connectivity index (χ4v) is 2.84. The van der Waals surface area contributed by atoms with Crippen LogP contribution in [-0.2, 0) is 13.2 Å². The first-order valence-electron chi connectivity index (χ1n) is 7.12. The minimum Gasteiger partial charge on any atom is -0.489 e. The van der Waals surface area contributed by atoms with Crippen molar-refractivity contribution in [3.8, 4) is 5.75 Å².